The number of aryl methyl sites for hydroxylation is 1. The summed E-state index contributed by atoms with van der Waals surface area (Å²) in [4.78, 5) is 18.1. The van der Waals surface area contributed by atoms with E-state index in [1.165, 1.54) is 10.4 Å². The van der Waals surface area contributed by atoms with Crippen molar-refractivity contribution in [3.8, 4) is 5.69 Å². The first-order valence-corrected chi connectivity index (χ1v) is 9.15. The Morgan fingerprint density at radius 3 is 2.57 bits per heavy atom. The van der Waals surface area contributed by atoms with Gasteiger partial charge in [-0.3, -0.25) is 9.36 Å². The molecule has 0 radical (unpaired) electrons. The van der Waals surface area contributed by atoms with Crippen molar-refractivity contribution in [3.63, 3.8) is 0 Å². The summed E-state index contributed by atoms with van der Waals surface area (Å²) >= 11 is 7.02. The Morgan fingerprint density at radius 2 is 1.96 bits per heavy atom. The topological polar surface area (TPSA) is 37.8 Å². The van der Waals surface area contributed by atoms with Crippen LogP contribution in [0.4, 0.5) is 0 Å². The van der Waals surface area contributed by atoms with Gasteiger partial charge in [-0.15, -0.1) is 11.3 Å². The number of aromatic nitrogens is 2. The van der Waals surface area contributed by atoms with Gasteiger partial charge in [-0.25, -0.2) is 0 Å². The molecule has 23 heavy (non-hydrogen) atoms. The molecule has 3 nitrogen and oxygen atoms in total. The molecule has 0 saturated heterocycles. The molecule has 0 aliphatic carbocycles. The zero-order valence-electron chi connectivity index (χ0n) is 13.6. The Morgan fingerprint density at radius 1 is 1.26 bits per heavy atom. The second-order valence-electron chi connectivity index (χ2n) is 5.78. The summed E-state index contributed by atoms with van der Waals surface area (Å²) in [6.45, 7) is 6.47. The molecule has 0 bridgehead atoms. The largest absolute Gasteiger partial charge is 0.323 e. The summed E-state index contributed by atoms with van der Waals surface area (Å²) in [5.41, 5.74) is 2.05. The number of rotatable bonds is 4. The second-order valence-corrected chi connectivity index (χ2v) is 7.30. The first-order chi connectivity index (χ1) is 11.0. The minimum Gasteiger partial charge on any atom is -0.323 e. The highest BCUT2D eigenvalue weighted by molar-refractivity contribution is 7.71. The molecule has 1 N–H and O–H groups in total. The zero-order chi connectivity index (χ0) is 16.6. The number of H-pyrrole nitrogens is 1. The molecule has 120 valence electrons. The Bertz CT molecular complexity index is 948. The molecule has 3 aromatic rings. The highest BCUT2D eigenvalue weighted by Gasteiger charge is 2.11. The van der Waals surface area contributed by atoms with E-state index in [1.54, 1.807) is 15.9 Å². The maximum absolute atomic E-state index is 12.8. The van der Waals surface area contributed by atoms with E-state index in [0.29, 0.717) is 16.1 Å². The minimum atomic E-state index is -0.0454. The van der Waals surface area contributed by atoms with Gasteiger partial charge in [0.05, 0.1) is 11.1 Å². The number of hydrogen-bond donors (Lipinski definition) is 1. The molecule has 1 aromatic carbocycles. The van der Waals surface area contributed by atoms with Crippen molar-refractivity contribution in [2.45, 2.75) is 39.5 Å². The monoisotopic (exact) mass is 344 g/mol. The summed E-state index contributed by atoms with van der Waals surface area (Å²) in [5.74, 6) is 0.516. The van der Waals surface area contributed by atoms with Crippen LogP contribution in [0.5, 0.6) is 0 Å². The van der Waals surface area contributed by atoms with Gasteiger partial charge in [0.25, 0.3) is 5.56 Å². The van der Waals surface area contributed by atoms with E-state index in [9.17, 15) is 4.79 Å². The van der Waals surface area contributed by atoms with Crippen LogP contribution in [0.1, 0.15) is 43.6 Å². The van der Waals surface area contributed by atoms with Crippen molar-refractivity contribution < 1.29 is 0 Å². The average Bonchev–Trinajstić information content (AvgIpc) is 2.98. The van der Waals surface area contributed by atoms with Crippen LogP contribution in [0, 0.1) is 4.77 Å². The van der Waals surface area contributed by atoms with Crippen LogP contribution in [0.15, 0.2) is 35.1 Å². The zero-order valence-corrected chi connectivity index (χ0v) is 15.2. The van der Waals surface area contributed by atoms with Gasteiger partial charge in [-0.2, -0.15) is 0 Å². The number of nitrogens with zero attached hydrogens (tertiary/aromatic N) is 1. The number of nitrogens with one attached hydrogen (secondary N) is 1. The van der Waals surface area contributed by atoms with Gasteiger partial charge in [-0.05, 0) is 54.7 Å². The lowest BCUT2D eigenvalue weighted by molar-refractivity contribution is 0.733. The Kier molecular flexibility index (Phi) is 4.50. The fraction of sp³-hybridized carbons (Fsp3) is 0.333. The van der Waals surface area contributed by atoms with Crippen LogP contribution >= 0.6 is 23.6 Å². The summed E-state index contributed by atoms with van der Waals surface area (Å²) in [6.07, 6.45) is 2.02. The fourth-order valence-electron chi connectivity index (χ4n) is 2.66. The predicted molar refractivity (Wildman–Crippen MR) is 101 cm³/mol. The number of benzene rings is 1. The van der Waals surface area contributed by atoms with Crippen LogP contribution in [0.3, 0.4) is 0 Å². The molecule has 2 aromatic heterocycles. The lowest BCUT2D eigenvalue weighted by atomic mass is 9.99. The van der Waals surface area contributed by atoms with E-state index in [-0.39, 0.29) is 5.56 Å². The van der Waals surface area contributed by atoms with E-state index < -0.39 is 0 Å². The molecule has 2 heterocycles. The first kappa shape index (κ1) is 16.1. The van der Waals surface area contributed by atoms with Gasteiger partial charge >= 0.3 is 0 Å². The maximum Gasteiger partial charge on any atom is 0.267 e. The van der Waals surface area contributed by atoms with E-state index in [4.69, 9.17) is 12.2 Å². The van der Waals surface area contributed by atoms with Gasteiger partial charge in [0, 0.05) is 4.88 Å². The molecule has 0 aliphatic rings. The van der Waals surface area contributed by atoms with Crippen LogP contribution in [0.25, 0.3) is 15.9 Å². The first-order valence-electron chi connectivity index (χ1n) is 7.93. The Labute approximate surface area is 144 Å². The van der Waals surface area contributed by atoms with E-state index in [0.717, 1.165) is 23.4 Å². The third-order valence-corrected chi connectivity index (χ3v) is 5.80. The highest BCUT2D eigenvalue weighted by Crippen LogP contribution is 2.23. The van der Waals surface area contributed by atoms with Crippen molar-refractivity contribution in [3.05, 3.63) is 55.9 Å². The van der Waals surface area contributed by atoms with Crippen molar-refractivity contribution in [2.75, 3.05) is 0 Å². The molecule has 0 amide bonds. The molecule has 0 fully saturated rings. The molecule has 0 saturated carbocycles. The van der Waals surface area contributed by atoms with Crippen molar-refractivity contribution in [2.24, 2.45) is 0 Å². The molecule has 0 unspecified atom stereocenters. The normalized spacial score (nSPS) is 12.7. The smallest absolute Gasteiger partial charge is 0.267 e. The summed E-state index contributed by atoms with van der Waals surface area (Å²) in [7, 11) is 0. The van der Waals surface area contributed by atoms with Gasteiger partial charge in [0.15, 0.2) is 4.77 Å². The number of aromatic amines is 1. The van der Waals surface area contributed by atoms with Crippen molar-refractivity contribution >= 4 is 33.8 Å². The van der Waals surface area contributed by atoms with Gasteiger partial charge in [0.1, 0.15) is 4.83 Å². The molecule has 0 spiro atoms. The number of thiophene rings is 1. The Hall–Kier alpha value is -1.72. The maximum atomic E-state index is 12.8. The lowest BCUT2D eigenvalue weighted by Gasteiger charge is -2.11. The van der Waals surface area contributed by atoms with Crippen molar-refractivity contribution in [1.82, 2.24) is 9.55 Å². The number of hydrogen-bond acceptors (Lipinski definition) is 3. The summed E-state index contributed by atoms with van der Waals surface area (Å²) < 4.78 is 2.04. The molecule has 3 rings (SSSR count). The van der Waals surface area contributed by atoms with Gasteiger partial charge < -0.3 is 4.98 Å². The van der Waals surface area contributed by atoms with Crippen LogP contribution in [-0.4, -0.2) is 9.55 Å². The van der Waals surface area contributed by atoms with Gasteiger partial charge in [-0.1, -0.05) is 32.9 Å². The lowest BCUT2D eigenvalue weighted by Crippen LogP contribution is -2.19. The van der Waals surface area contributed by atoms with Crippen LogP contribution in [0.2, 0.25) is 0 Å². The van der Waals surface area contributed by atoms with E-state index in [1.807, 2.05) is 18.2 Å². The van der Waals surface area contributed by atoms with Crippen LogP contribution < -0.4 is 5.56 Å². The summed E-state index contributed by atoms with van der Waals surface area (Å²) in [6, 6.07) is 10.1. The highest BCUT2D eigenvalue weighted by atomic mass is 32.1. The van der Waals surface area contributed by atoms with E-state index >= 15 is 0 Å². The van der Waals surface area contributed by atoms with Gasteiger partial charge in [0.2, 0.25) is 0 Å². The molecule has 0 aliphatic heterocycles. The standard InChI is InChI=1S/C18H20N2OS2/c1-4-11(3)12-6-8-13(9-7-12)20-17(21)15-10-14(5-2)23-16(15)19-18(20)22/h6-11H,4-5H2,1-3H3,(H,19,22)/t11-/m0/s1. The fourth-order valence-corrected chi connectivity index (χ4v) is 4.00. The Balaban J connectivity index is 2.16. The van der Waals surface area contributed by atoms with Crippen LogP contribution in [-0.2, 0) is 6.42 Å². The second kappa shape index (κ2) is 6.42. The summed E-state index contributed by atoms with van der Waals surface area (Å²) in [5, 5.41) is 0.714. The molecular weight excluding hydrogens is 324 g/mol. The molecule has 5 heteroatoms. The third-order valence-electron chi connectivity index (χ3n) is 4.32. The van der Waals surface area contributed by atoms with Crippen molar-refractivity contribution in [1.29, 1.82) is 0 Å². The average molecular weight is 345 g/mol. The third kappa shape index (κ3) is 2.91. The molecule has 1 atom stereocenters. The molecular formula is C18H20N2OS2. The number of fused-ring (bicyclic) bond motifs is 1. The predicted octanol–water partition coefficient (Wildman–Crippen LogP) is 5.19. The quantitative estimate of drug-likeness (QED) is 0.662. The van der Waals surface area contributed by atoms with E-state index in [2.05, 4.69) is 37.9 Å². The minimum absolute atomic E-state index is 0.0454. The SMILES string of the molecule is CCc1cc2c(=O)n(-c3ccc([C@@H](C)CC)cc3)c(=S)[nH]c2s1.